The molecule has 31 heavy (non-hydrogen) atoms. The first-order valence-corrected chi connectivity index (χ1v) is 10.2. The van der Waals surface area contributed by atoms with Crippen LogP contribution in [0.15, 0.2) is 65.8 Å². The standard InChI is InChI=1S/C22H14Cl2FN3O3/c23-14-4-8-21-16(10-14)19-11-18(12-1-5-15(25)6-2-12)26-27(19)22(31-21)13-3-7-17(24)20(9-13)28(29)30/h1-10,19,22H,11H2. The summed E-state index contributed by atoms with van der Waals surface area (Å²) in [6, 6.07) is 15.8. The Balaban J connectivity index is 1.61. The van der Waals surface area contributed by atoms with Crippen molar-refractivity contribution in [2.75, 3.05) is 0 Å². The van der Waals surface area contributed by atoms with Crippen LogP contribution in [0.3, 0.4) is 0 Å². The molecule has 0 fully saturated rings. The number of nitrogens with zero attached hydrogens (tertiary/aromatic N) is 3. The first-order valence-electron chi connectivity index (χ1n) is 9.42. The molecule has 0 saturated carbocycles. The number of rotatable bonds is 3. The molecule has 0 radical (unpaired) electrons. The molecule has 0 N–H and O–H groups in total. The van der Waals surface area contributed by atoms with E-state index in [0.29, 0.717) is 22.8 Å². The Morgan fingerprint density at radius 3 is 2.61 bits per heavy atom. The topological polar surface area (TPSA) is 68.0 Å². The van der Waals surface area contributed by atoms with Crippen LogP contribution in [0.5, 0.6) is 5.75 Å². The summed E-state index contributed by atoms with van der Waals surface area (Å²) in [5, 5.41) is 18.5. The smallest absolute Gasteiger partial charge is 0.288 e. The van der Waals surface area contributed by atoms with E-state index in [1.165, 1.54) is 24.3 Å². The fraction of sp³-hybridized carbons (Fsp3) is 0.136. The maximum Gasteiger partial charge on any atom is 0.288 e. The quantitative estimate of drug-likeness (QED) is 0.342. The highest BCUT2D eigenvalue weighted by Gasteiger charge is 2.41. The average molecular weight is 458 g/mol. The van der Waals surface area contributed by atoms with Crippen LogP contribution in [0.2, 0.25) is 10.0 Å². The van der Waals surface area contributed by atoms with Crippen molar-refractivity contribution in [3.8, 4) is 5.75 Å². The summed E-state index contributed by atoms with van der Waals surface area (Å²) in [6.07, 6.45) is -0.151. The highest BCUT2D eigenvalue weighted by atomic mass is 35.5. The van der Waals surface area contributed by atoms with Gasteiger partial charge in [0.1, 0.15) is 16.6 Å². The molecule has 2 atom stereocenters. The van der Waals surface area contributed by atoms with Gasteiger partial charge in [0.2, 0.25) is 6.23 Å². The van der Waals surface area contributed by atoms with E-state index in [0.717, 1.165) is 16.8 Å². The first kappa shape index (κ1) is 19.8. The largest absolute Gasteiger partial charge is 0.464 e. The third kappa shape index (κ3) is 3.49. The normalized spacial score (nSPS) is 19.3. The predicted molar refractivity (Wildman–Crippen MR) is 115 cm³/mol. The Hall–Kier alpha value is -3.16. The fourth-order valence-electron chi connectivity index (χ4n) is 3.92. The second-order valence-corrected chi connectivity index (χ2v) is 8.12. The lowest BCUT2D eigenvalue weighted by molar-refractivity contribution is -0.384. The number of halogens is 3. The van der Waals surface area contributed by atoms with Gasteiger partial charge in [-0.1, -0.05) is 41.4 Å². The van der Waals surface area contributed by atoms with Crippen molar-refractivity contribution < 1.29 is 14.1 Å². The van der Waals surface area contributed by atoms with Gasteiger partial charge in [-0.3, -0.25) is 10.1 Å². The van der Waals surface area contributed by atoms with E-state index in [4.69, 9.17) is 33.0 Å². The second-order valence-electron chi connectivity index (χ2n) is 7.27. The molecular formula is C22H14Cl2FN3O3. The van der Waals surface area contributed by atoms with E-state index < -0.39 is 11.2 Å². The van der Waals surface area contributed by atoms with Crippen molar-refractivity contribution in [3.05, 3.63) is 103 Å². The zero-order chi connectivity index (χ0) is 21.7. The minimum Gasteiger partial charge on any atom is -0.464 e. The van der Waals surface area contributed by atoms with Crippen molar-refractivity contribution >= 4 is 34.6 Å². The summed E-state index contributed by atoms with van der Waals surface area (Å²) in [5.74, 6) is 0.302. The maximum atomic E-state index is 13.4. The van der Waals surface area contributed by atoms with Gasteiger partial charge in [0.15, 0.2) is 0 Å². The minimum absolute atomic E-state index is 0.0465. The van der Waals surface area contributed by atoms with Gasteiger partial charge in [0.25, 0.3) is 5.69 Å². The SMILES string of the molecule is O=[N+]([O-])c1cc(C2Oc3ccc(Cl)cc3C3CC(c4ccc(F)cc4)=NN32)ccc1Cl. The van der Waals surface area contributed by atoms with E-state index in [9.17, 15) is 14.5 Å². The lowest BCUT2D eigenvalue weighted by atomic mass is 9.96. The Labute approximate surface area is 186 Å². The predicted octanol–water partition coefficient (Wildman–Crippen LogP) is 6.28. The molecule has 0 saturated heterocycles. The summed E-state index contributed by atoms with van der Waals surface area (Å²) < 4.78 is 19.6. The number of nitro benzene ring substituents is 1. The Morgan fingerprint density at radius 1 is 1.10 bits per heavy atom. The van der Waals surface area contributed by atoms with Gasteiger partial charge >= 0.3 is 0 Å². The average Bonchev–Trinajstić information content (AvgIpc) is 3.20. The van der Waals surface area contributed by atoms with Gasteiger partial charge in [-0.05, 0) is 42.0 Å². The molecule has 0 aromatic heterocycles. The third-order valence-electron chi connectivity index (χ3n) is 5.38. The van der Waals surface area contributed by atoms with E-state index in [1.54, 1.807) is 35.3 Å². The zero-order valence-corrected chi connectivity index (χ0v) is 17.3. The van der Waals surface area contributed by atoms with Crippen molar-refractivity contribution in [2.45, 2.75) is 18.7 Å². The monoisotopic (exact) mass is 457 g/mol. The highest BCUT2D eigenvalue weighted by Crippen LogP contribution is 2.48. The van der Waals surface area contributed by atoms with E-state index in [-0.39, 0.29) is 22.6 Å². The molecule has 3 aromatic rings. The molecule has 0 amide bonds. The van der Waals surface area contributed by atoms with Gasteiger partial charge in [-0.25, -0.2) is 9.40 Å². The molecular weight excluding hydrogens is 444 g/mol. The van der Waals surface area contributed by atoms with Gasteiger partial charge in [-0.2, -0.15) is 5.10 Å². The van der Waals surface area contributed by atoms with Crippen LogP contribution in [0.1, 0.15) is 35.4 Å². The van der Waals surface area contributed by atoms with Gasteiger partial charge in [-0.15, -0.1) is 0 Å². The molecule has 3 aromatic carbocycles. The Bertz CT molecular complexity index is 1230. The van der Waals surface area contributed by atoms with Gasteiger partial charge < -0.3 is 4.74 Å². The summed E-state index contributed by atoms with van der Waals surface area (Å²) in [4.78, 5) is 10.8. The first-order chi connectivity index (χ1) is 14.9. The van der Waals surface area contributed by atoms with Crippen molar-refractivity contribution in [2.24, 2.45) is 5.10 Å². The second kappa shape index (κ2) is 7.51. The van der Waals surface area contributed by atoms with E-state index in [1.807, 2.05) is 6.07 Å². The van der Waals surface area contributed by atoms with Crippen molar-refractivity contribution in [3.63, 3.8) is 0 Å². The number of fused-ring (bicyclic) bond motifs is 3. The van der Waals surface area contributed by atoms with Crippen LogP contribution in [-0.4, -0.2) is 15.6 Å². The number of hydrogen-bond acceptors (Lipinski definition) is 5. The number of benzene rings is 3. The minimum atomic E-state index is -0.701. The van der Waals surface area contributed by atoms with Crippen LogP contribution >= 0.6 is 23.2 Å². The molecule has 2 aliphatic rings. The Kier molecular flexibility index (Phi) is 4.79. The molecule has 0 aliphatic carbocycles. The van der Waals surface area contributed by atoms with Crippen LogP contribution < -0.4 is 4.74 Å². The van der Waals surface area contributed by atoms with Gasteiger partial charge in [0, 0.05) is 28.6 Å². The fourth-order valence-corrected chi connectivity index (χ4v) is 4.29. The van der Waals surface area contributed by atoms with Gasteiger partial charge in [0.05, 0.1) is 16.7 Å². The molecule has 156 valence electrons. The lowest BCUT2D eigenvalue weighted by Crippen LogP contribution is -2.33. The highest BCUT2D eigenvalue weighted by molar-refractivity contribution is 6.32. The third-order valence-corrected chi connectivity index (χ3v) is 5.94. The summed E-state index contributed by atoms with van der Waals surface area (Å²) in [6.45, 7) is 0. The van der Waals surface area contributed by atoms with E-state index >= 15 is 0 Å². The number of hydrazone groups is 1. The summed E-state index contributed by atoms with van der Waals surface area (Å²) in [7, 11) is 0. The van der Waals surface area contributed by atoms with Crippen LogP contribution in [0, 0.1) is 15.9 Å². The van der Waals surface area contributed by atoms with Crippen molar-refractivity contribution in [1.29, 1.82) is 0 Å². The molecule has 0 spiro atoms. The van der Waals surface area contributed by atoms with Crippen LogP contribution in [-0.2, 0) is 0 Å². The maximum absolute atomic E-state index is 13.4. The molecule has 2 heterocycles. The molecule has 0 bridgehead atoms. The number of nitro groups is 1. The van der Waals surface area contributed by atoms with E-state index in [2.05, 4.69) is 0 Å². The van der Waals surface area contributed by atoms with Crippen molar-refractivity contribution in [1.82, 2.24) is 5.01 Å². The zero-order valence-electron chi connectivity index (χ0n) is 15.8. The molecule has 9 heteroatoms. The summed E-state index contributed by atoms with van der Waals surface area (Å²) in [5.41, 5.74) is 2.76. The Morgan fingerprint density at radius 2 is 1.87 bits per heavy atom. The number of hydrogen-bond donors (Lipinski definition) is 0. The molecule has 2 aliphatic heterocycles. The molecule has 2 unspecified atom stereocenters. The van der Waals surface area contributed by atoms with Crippen LogP contribution in [0.4, 0.5) is 10.1 Å². The summed E-state index contributed by atoms with van der Waals surface area (Å²) >= 11 is 12.2. The van der Waals surface area contributed by atoms with Crippen LogP contribution in [0.25, 0.3) is 0 Å². The lowest BCUT2D eigenvalue weighted by Gasteiger charge is -2.38. The number of ether oxygens (including phenoxy) is 1. The molecule has 5 rings (SSSR count). The molecule has 6 nitrogen and oxygen atoms in total.